The summed E-state index contributed by atoms with van der Waals surface area (Å²) in [4.78, 5) is 8.83. The van der Waals surface area contributed by atoms with Crippen molar-refractivity contribution in [1.29, 1.82) is 0 Å². The molecule has 0 saturated heterocycles. The molecule has 1 heterocycles. The van der Waals surface area contributed by atoms with E-state index in [1.807, 2.05) is 0 Å². The van der Waals surface area contributed by atoms with Crippen molar-refractivity contribution in [3.63, 3.8) is 0 Å². The maximum absolute atomic E-state index is 5.09. The van der Waals surface area contributed by atoms with Gasteiger partial charge in [0.1, 0.15) is 5.82 Å². The Hall–Kier alpha value is -0.790. The van der Waals surface area contributed by atoms with Crippen LogP contribution in [0.3, 0.4) is 0 Å². The highest BCUT2D eigenvalue weighted by Gasteiger charge is 2.34. The van der Waals surface area contributed by atoms with Gasteiger partial charge < -0.3 is 4.98 Å². The molecule has 0 aromatic carbocycles. The monoisotopic (exact) mass is 306 g/mol. The SMILES string of the molecule is CCCCC(C)(C)c1[nH]c(C(C)CC)nc1C(C)(C)CCC. The summed E-state index contributed by atoms with van der Waals surface area (Å²) in [7, 11) is 0. The van der Waals surface area contributed by atoms with Crippen molar-refractivity contribution in [2.24, 2.45) is 0 Å². The number of aromatic nitrogens is 2. The Kier molecular flexibility index (Phi) is 6.70. The van der Waals surface area contributed by atoms with E-state index in [0.717, 1.165) is 6.42 Å². The number of H-pyrrole nitrogens is 1. The first-order valence-electron chi connectivity index (χ1n) is 9.30. The van der Waals surface area contributed by atoms with Crippen LogP contribution in [0.25, 0.3) is 0 Å². The van der Waals surface area contributed by atoms with Crippen LogP contribution in [-0.4, -0.2) is 9.97 Å². The van der Waals surface area contributed by atoms with E-state index in [-0.39, 0.29) is 10.8 Å². The third-order valence-corrected chi connectivity index (χ3v) is 5.15. The molecule has 0 aliphatic rings. The molecular weight excluding hydrogens is 268 g/mol. The van der Waals surface area contributed by atoms with Gasteiger partial charge in [0.25, 0.3) is 0 Å². The van der Waals surface area contributed by atoms with Crippen molar-refractivity contribution < 1.29 is 0 Å². The number of hydrogen-bond acceptors (Lipinski definition) is 1. The Morgan fingerprint density at radius 3 is 2.09 bits per heavy atom. The van der Waals surface area contributed by atoms with Crippen molar-refractivity contribution in [2.45, 2.75) is 111 Å². The minimum Gasteiger partial charge on any atom is -0.345 e. The maximum atomic E-state index is 5.09. The van der Waals surface area contributed by atoms with E-state index in [1.54, 1.807) is 0 Å². The van der Waals surface area contributed by atoms with Crippen LogP contribution >= 0.6 is 0 Å². The zero-order valence-electron chi connectivity index (χ0n) is 16.3. The van der Waals surface area contributed by atoms with Gasteiger partial charge in [-0.2, -0.15) is 0 Å². The highest BCUT2D eigenvalue weighted by molar-refractivity contribution is 5.30. The lowest BCUT2D eigenvalue weighted by molar-refractivity contribution is 0.409. The van der Waals surface area contributed by atoms with Crippen molar-refractivity contribution in [3.05, 3.63) is 17.2 Å². The quantitative estimate of drug-likeness (QED) is 0.556. The standard InChI is InChI=1S/C20H38N2/c1-9-12-14-20(7,8)17-16(19(5,6)13-10-2)21-18(22-17)15(4)11-3/h15H,9-14H2,1-8H3,(H,21,22). The second-order valence-corrected chi connectivity index (χ2v) is 8.28. The summed E-state index contributed by atoms with van der Waals surface area (Å²) < 4.78 is 0. The lowest BCUT2D eigenvalue weighted by atomic mass is 9.76. The molecule has 0 aliphatic heterocycles. The number of nitrogens with one attached hydrogen (secondary N) is 1. The van der Waals surface area contributed by atoms with E-state index in [1.165, 1.54) is 49.3 Å². The molecule has 2 nitrogen and oxygen atoms in total. The fourth-order valence-electron chi connectivity index (χ4n) is 3.28. The van der Waals surface area contributed by atoms with Crippen molar-refractivity contribution >= 4 is 0 Å². The van der Waals surface area contributed by atoms with Crippen LogP contribution in [-0.2, 0) is 10.8 Å². The summed E-state index contributed by atoms with van der Waals surface area (Å²) in [6.07, 6.45) is 7.28. The predicted molar refractivity (Wildman–Crippen MR) is 97.8 cm³/mol. The molecule has 1 unspecified atom stereocenters. The molecule has 1 aromatic heterocycles. The molecule has 1 aromatic rings. The van der Waals surface area contributed by atoms with E-state index in [4.69, 9.17) is 4.98 Å². The van der Waals surface area contributed by atoms with Crippen molar-refractivity contribution in [3.8, 4) is 0 Å². The van der Waals surface area contributed by atoms with Crippen LogP contribution in [0.5, 0.6) is 0 Å². The van der Waals surface area contributed by atoms with Gasteiger partial charge in [-0.1, -0.05) is 74.7 Å². The second-order valence-electron chi connectivity index (χ2n) is 8.28. The molecule has 0 bridgehead atoms. The van der Waals surface area contributed by atoms with E-state index in [2.05, 4.69) is 60.4 Å². The smallest absolute Gasteiger partial charge is 0.109 e. The lowest BCUT2D eigenvalue weighted by Crippen LogP contribution is -2.26. The van der Waals surface area contributed by atoms with Gasteiger partial charge >= 0.3 is 0 Å². The minimum atomic E-state index is 0.149. The normalized spacial score (nSPS) is 14.4. The fourth-order valence-corrected chi connectivity index (χ4v) is 3.28. The molecule has 1 atom stereocenters. The zero-order chi connectivity index (χ0) is 17.0. The molecule has 0 aliphatic carbocycles. The van der Waals surface area contributed by atoms with E-state index < -0.39 is 0 Å². The van der Waals surface area contributed by atoms with Crippen LogP contribution < -0.4 is 0 Å². The summed E-state index contributed by atoms with van der Waals surface area (Å²) >= 11 is 0. The minimum absolute atomic E-state index is 0.149. The largest absolute Gasteiger partial charge is 0.345 e. The van der Waals surface area contributed by atoms with Crippen molar-refractivity contribution in [2.75, 3.05) is 0 Å². The number of imidazole rings is 1. The summed E-state index contributed by atoms with van der Waals surface area (Å²) in [5.74, 6) is 1.69. The van der Waals surface area contributed by atoms with Gasteiger partial charge in [0.15, 0.2) is 0 Å². The topological polar surface area (TPSA) is 28.7 Å². The van der Waals surface area contributed by atoms with Gasteiger partial charge in [-0.05, 0) is 19.3 Å². The number of aromatic amines is 1. The Morgan fingerprint density at radius 2 is 1.59 bits per heavy atom. The first-order chi connectivity index (χ1) is 10.2. The van der Waals surface area contributed by atoms with Gasteiger partial charge in [-0.15, -0.1) is 0 Å². The average Bonchev–Trinajstić information content (AvgIpc) is 2.91. The number of nitrogens with zero attached hydrogens (tertiary/aromatic N) is 1. The first-order valence-corrected chi connectivity index (χ1v) is 9.30. The molecule has 0 saturated carbocycles. The maximum Gasteiger partial charge on any atom is 0.109 e. The van der Waals surface area contributed by atoms with Crippen LogP contribution in [0.1, 0.15) is 117 Å². The fraction of sp³-hybridized carbons (Fsp3) is 0.850. The zero-order valence-corrected chi connectivity index (χ0v) is 16.3. The van der Waals surface area contributed by atoms with Crippen LogP contribution in [0.4, 0.5) is 0 Å². The highest BCUT2D eigenvalue weighted by atomic mass is 15.0. The summed E-state index contributed by atoms with van der Waals surface area (Å²) in [5, 5.41) is 0. The molecule has 128 valence electrons. The molecule has 0 spiro atoms. The molecular formula is C20H38N2. The van der Waals surface area contributed by atoms with E-state index >= 15 is 0 Å². The van der Waals surface area contributed by atoms with Gasteiger partial charge in [0, 0.05) is 22.4 Å². The Bertz CT molecular complexity index is 454. The van der Waals surface area contributed by atoms with Crippen molar-refractivity contribution in [1.82, 2.24) is 9.97 Å². The van der Waals surface area contributed by atoms with Crippen LogP contribution in [0, 0.1) is 0 Å². The molecule has 0 radical (unpaired) electrons. The predicted octanol–water partition coefficient (Wildman–Crippen LogP) is 6.47. The van der Waals surface area contributed by atoms with Gasteiger partial charge in [0.05, 0.1) is 5.69 Å². The van der Waals surface area contributed by atoms with Crippen LogP contribution in [0.2, 0.25) is 0 Å². The Labute approximate surface area is 138 Å². The Morgan fingerprint density at radius 1 is 0.955 bits per heavy atom. The molecule has 0 amide bonds. The Balaban J connectivity index is 3.31. The second kappa shape index (κ2) is 7.66. The van der Waals surface area contributed by atoms with Gasteiger partial charge in [-0.25, -0.2) is 4.98 Å². The van der Waals surface area contributed by atoms with E-state index in [0.29, 0.717) is 5.92 Å². The number of rotatable bonds is 9. The van der Waals surface area contributed by atoms with E-state index in [9.17, 15) is 0 Å². The number of hydrogen-bond donors (Lipinski definition) is 1. The lowest BCUT2D eigenvalue weighted by Gasteiger charge is -2.30. The van der Waals surface area contributed by atoms with Crippen LogP contribution in [0.15, 0.2) is 0 Å². The summed E-state index contributed by atoms with van der Waals surface area (Å²) in [6.45, 7) is 18.5. The molecule has 1 N–H and O–H groups in total. The molecule has 2 heteroatoms. The third kappa shape index (κ3) is 4.36. The molecule has 1 rings (SSSR count). The molecule has 0 fully saturated rings. The average molecular weight is 307 g/mol. The molecule has 22 heavy (non-hydrogen) atoms. The summed E-state index contributed by atoms with van der Waals surface area (Å²) in [6, 6.07) is 0. The number of unbranched alkanes of at least 4 members (excludes halogenated alkanes) is 1. The summed E-state index contributed by atoms with van der Waals surface area (Å²) in [5.41, 5.74) is 3.02. The highest BCUT2D eigenvalue weighted by Crippen LogP contribution is 2.38. The van der Waals surface area contributed by atoms with Gasteiger partial charge in [-0.3, -0.25) is 0 Å². The third-order valence-electron chi connectivity index (χ3n) is 5.15. The first kappa shape index (κ1) is 19.3. The van der Waals surface area contributed by atoms with Gasteiger partial charge in [0.2, 0.25) is 0 Å².